The third-order valence-corrected chi connectivity index (χ3v) is 5.82. The van der Waals surface area contributed by atoms with Gasteiger partial charge in [-0.2, -0.15) is 0 Å². The van der Waals surface area contributed by atoms with Gasteiger partial charge in [-0.3, -0.25) is 14.7 Å². The van der Waals surface area contributed by atoms with Crippen molar-refractivity contribution in [2.75, 3.05) is 13.1 Å². The molecule has 156 valence electrons. The van der Waals surface area contributed by atoms with Crippen molar-refractivity contribution in [1.29, 1.82) is 0 Å². The molecule has 1 aromatic carbocycles. The highest BCUT2D eigenvalue weighted by Crippen LogP contribution is 2.27. The molecule has 1 fully saturated rings. The number of nitrogens with one attached hydrogen (secondary N) is 1. The van der Waals surface area contributed by atoms with Crippen LogP contribution >= 0.6 is 0 Å². The van der Waals surface area contributed by atoms with E-state index in [-0.39, 0.29) is 11.9 Å². The standard InChI is InChI=1S/C25H35N3O/c1-25(2,3)24(29)27-23(22-14-7-9-16-26-22)19-21-13-8-10-17-28(21)18-15-20-11-5-4-6-12-20/h4-7,9,11-12,14,16,21,23H,8,10,13,15,17-19H2,1-3H3,(H,27,29)/t21-,23-/m1/s1. The normalized spacial score (nSPS) is 18.9. The summed E-state index contributed by atoms with van der Waals surface area (Å²) in [4.78, 5) is 19.9. The van der Waals surface area contributed by atoms with E-state index >= 15 is 0 Å². The second-order valence-electron chi connectivity index (χ2n) is 9.19. The maximum absolute atomic E-state index is 12.7. The molecule has 29 heavy (non-hydrogen) atoms. The molecule has 1 saturated heterocycles. The van der Waals surface area contributed by atoms with Gasteiger partial charge in [0.1, 0.15) is 0 Å². The van der Waals surface area contributed by atoms with Gasteiger partial charge in [-0.25, -0.2) is 0 Å². The fourth-order valence-electron chi connectivity index (χ4n) is 4.02. The topological polar surface area (TPSA) is 45.2 Å². The van der Waals surface area contributed by atoms with Gasteiger partial charge in [0, 0.05) is 24.2 Å². The molecule has 2 atom stereocenters. The van der Waals surface area contributed by atoms with E-state index in [2.05, 4.69) is 45.5 Å². The van der Waals surface area contributed by atoms with Crippen LogP contribution in [-0.2, 0) is 11.2 Å². The minimum absolute atomic E-state index is 0.0507. The second kappa shape index (κ2) is 10.0. The van der Waals surface area contributed by atoms with Crippen molar-refractivity contribution in [3.63, 3.8) is 0 Å². The molecule has 4 nitrogen and oxygen atoms in total. The summed E-state index contributed by atoms with van der Waals surface area (Å²) in [6.45, 7) is 8.09. The molecular weight excluding hydrogens is 358 g/mol. The van der Waals surface area contributed by atoms with E-state index < -0.39 is 5.41 Å². The van der Waals surface area contributed by atoms with Crippen molar-refractivity contribution < 1.29 is 4.79 Å². The number of amides is 1. The van der Waals surface area contributed by atoms with Crippen LogP contribution < -0.4 is 5.32 Å². The molecule has 1 aliphatic rings. The number of piperidine rings is 1. The van der Waals surface area contributed by atoms with E-state index in [4.69, 9.17) is 0 Å². The molecule has 1 N–H and O–H groups in total. The average Bonchev–Trinajstić information content (AvgIpc) is 2.73. The molecule has 4 heteroatoms. The van der Waals surface area contributed by atoms with E-state index in [9.17, 15) is 4.79 Å². The fraction of sp³-hybridized carbons (Fsp3) is 0.520. The van der Waals surface area contributed by atoms with E-state index in [0.29, 0.717) is 6.04 Å². The molecule has 2 heterocycles. The fourth-order valence-corrected chi connectivity index (χ4v) is 4.02. The van der Waals surface area contributed by atoms with Crippen LogP contribution in [0, 0.1) is 5.41 Å². The van der Waals surface area contributed by atoms with Crippen LogP contribution in [0.1, 0.15) is 63.8 Å². The van der Waals surface area contributed by atoms with Crippen molar-refractivity contribution in [2.45, 2.75) is 65.0 Å². The van der Waals surface area contributed by atoms with Crippen LogP contribution in [0.25, 0.3) is 0 Å². The van der Waals surface area contributed by atoms with Gasteiger partial charge in [0.2, 0.25) is 5.91 Å². The molecule has 0 spiro atoms. The Bertz CT molecular complexity index is 755. The summed E-state index contributed by atoms with van der Waals surface area (Å²) in [5.74, 6) is 0.0831. The molecule has 1 aromatic heterocycles. The maximum atomic E-state index is 12.7. The SMILES string of the molecule is CC(C)(C)C(=O)N[C@H](C[C@H]1CCCCN1CCc1ccccc1)c1ccccn1. The molecule has 0 unspecified atom stereocenters. The first kappa shape index (κ1) is 21.5. The second-order valence-corrected chi connectivity index (χ2v) is 9.19. The van der Waals surface area contributed by atoms with E-state index in [1.165, 1.54) is 24.8 Å². The zero-order chi connectivity index (χ0) is 20.7. The van der Waals surface area contributed by atoms with Gasteiger partial charge in [0.05, 0.1) is 11.7 Å². The van der Waals surface area contributed by atoms with Crippen LogP contribution in [-0.4, -0.2) is 34.9 Å². The van der Waals surface area contributed by atoms with Crippen LogP contribution in [0.3, 0.4) is 0 Å². The first-order chi connectivity index (χ1) is 13.9. The molecule has 2 aromatic rings. The predicted molar refractivity (Wildman–Crippen MR) is 119 cm³/mol. The number of likely N-dealkylation sites (tertiary alicyclic amines) is 1. The molecule has 0 bridgehead atoms. The van der Waals surface area contributed by atoms with Gasteiger partial charge in [-0.1, -0.05) is 63.6 Å². The van der Waals surface area contributed by atoms with E-state index in [1.54, 1.807) is 0 Å². The number of benzene rings is 1. The Kier molecular flexibility index (Phi) is 7.43. The van der Waals surface area contributed by atoms with Crippen molar-refractivity contribution in [3.8, 4) is 0 Å². The number of hydrogen-bond acceptors (Lipinski definition) is 3. The Balaban J connectivity index is 1.70. The van der Waals surface area contributed by atoms with Gasteiger partial charge in [-0.15, -0.1) is 0 Å². The Morgan fingerprint density at radius 2 is 1.90 bits per heavy atom. The monoisotopic (exact) mass is 393 g/mol. The Hall–Kier alpha value is -2.20. The summed E-state index contributed by atoms with van der Waals surface area (Å²) < 4.78 is 0. The number of carbonyl (C=O) groups is 1. The Morgan fingerprint density at radius 1 is 1.14 bits per heavy atom. The summed E-state index contributed by atoms with van der Waals surface area (Å²) in [6.07, 6.45) is 7.50. The molecule has 1 aliphatic heterocycles. The molecule has 1 amide bonds. The third kappa shape index (κ3) is 6.40. The van der Waals surface area contributed by atoms with E-state index in [0.717, 1.165) is 31.6 Å². The smallest absolute Gasteiger partial charge is 0.225 e. The Morgan fingerprint density at radius 3 is 2.59 bits per heavy atom. The quantitative estimate of drug-likeness (QED) is 0.737. The van der Waals surface area contributed by atoms with Crippen molar-refractivity contribution >= 4 is 5.91 Å². The summed E-state index contributed by atoms with van der Waals surface area (Å²) in [7, 11) is 0. The Labute approximate surface area is 175 Å². The van der Waals surface area contributed by atoms with Gasteiger partial charge in [0.25, 0.3) is 0 Å². The van der Waals surface area contributed by atoms with Crippen molar-refractivity contribution in [1.82, 2.24) is 15.2 Å². The number of pyridine rings is 1. The summed E-state index contributed by atoms with van der Waals surface area (Å²) in [5.41, 5.74) is 1.94. The first-order valence-electron chi connectivity index (χ1n) is 10.9. The summed E-state index contributed by atoms with van der Waals surface area (Å²) >= 11 is 0. The number of aromatic nitrogens is 1. The van der Waals surface area contributed by atoms with Gasteiger partial charge in [-0.05, 0) is 49.9 Å². The summed E-state index contributed by atoms with van der Waals surface area (Å²) in [5, 5.41) is 3.29. The largest absolute Gasteiger partial charge is 0.347 e. The average molecular weight is 394 g/mol. The molecule has 0 aliphatic carbocycles. The van der Waals surface area contributed by atoms with Gasteiger partial charge in [0.15, 0.2) is 0 Å². The molecule has 0 radical (unpaired) electrons. The first-order valence-corrected chi connectivity index (χ1v) is 10.9. The lowest BCUT2D eigenvalue weighted by Crippen LogP contribution is -2.45. The predicted octanol–water partition coefficient (Wildman–Crippen LogP) is 4.77. The highest BCUT2D eigenvalue weighted by atomic mass is 16.2. The van der Waals surface area contributed by atoms with Gasteiger partial charge >= 0.3 is 0 Å². The lowest BCUT2D eigenvalue weighted by Gasteiger charge is -2.38. The lowest BCUT2D eigenvalue weighted by atomic mass is 9.91. The maximum Gasteiger partial charge on any atom is 0.225 e. The highest BCUT2D eigenvalue weighted by molar-refractivity contribution is 5.81. The molecule has 0 saturated carbocycles. The highest BCUT2D eigenvalue weighted by Gasteiger charge is 2.30. The third-order valence-electron chi connectivity index (χ3n) is 5.82. The molecular formula is C25H35N3O. The van der Waals surface area contributed by atoms with Crippen molar-refractivity contribution in [3.05, 3.63) is 66.0 Å². The van der Waals surface area contributed by atoms with Crippen LogP contribution in [0.5, 0.6) is 0 Å². The zero-order valence-electron chi connectivity index (χ0n) is 18.1. The van der Waals surface area contributed by atoms with Crippen LogP contribution in [0.15, 0.2) is 54.7 Å². The van der Waals surface area contributed by atoms with Crippen LogP contribution in [0.4, 0.5) is 0 Å². The van der Waals surface area contributed by atoms with E-state index in [1.807, 2.05) is 45.2 Å². The van der Waals surface area contributed by atoms with Crippen molar-refractivity contribution in [2.24, 2.45) is 5.41 Å². The number of nitrogens with zero attached hydrogens (tertiary/aromatic N) is 2. The van der Waals surface area contributed by atoms with Gasteiger partial charge < -0.3 is 5.32 Å². The summed E-state index contributed by atoms with van der Waals surface area (Å²) in [6, 6.07) is 17.1. The number of hydrogen-bond donors (Lipinski definition) is 1. The minimum Gasteiger partial charge on any atom is -0.347 e. The van der Waals surface area contributed by atoms with Crippen LogP contribution in [0.2, 0.25) is 0 Å². The minimum atomic E-state index is -0.410. The number of rotatable bonds is 7. The zero-order valence-corrected chi connectivity index (χ0v) is 18.1. The lowest BCUT2D eigenvalue weighted by molar-refractivity contribution is -0.129. The molecule has 3 rings (SSSR count). The number of carbonyl (C=O) groups excluding carboxylic acids is 1.